The van der Waals surface area contributed by atoms with Crippen LogP contribution >= 0.6 is 0 Å². The Kier molecular flexibility index (Phi) is 4.17. The molecular weight excluding hydrogens is 345 g/mol. The maximum Gasteiger partial charge on any atom is 0.159 e. The monoisotopic (exact) mass is 367 g/mol. The number of pyridine rings is 1. The predicted octanol–water partition coefficient (Wildman–Crippen LogP) is 4.16. The summed E-state index contributed by atoms with van der Waals surface area (Å²) < 4.78 is 27.7. The molecule has 2 aliphatic heterocycles. The van der Waals surface area contributed by atoms with Crippen LogP contribution in [0.2, 0.25) is 0 Å². The number of imidazole rings is 1. The Morgan fingerprint density at radius 1 is 1.15 bits per heavy atom. The average Bonchev–Trinajstić information content (AvgIpc) is 3.15. The first-order chi connectivity index (χ1) is 13.2. The van der Waals surface area contributed by atoms with Gasteiger partial charge in [-0.15, -0.1) is 0 Å². The van der Waals surface area contributed by atoms with E-state index in [1.807, 2.05) is 25.1 Å². The molecule has 2 fully saturated rings. The van der Waals surface area contributed by atoms with Crippen LogP contribution in [0, 0.1) is 18.7 Å². The average molecular weight is 367 g/mol. The van der Waals surface area contributed by atoms with E-state index in [1.54, 1.807) is 12.4 Å². The summed E-state index contributed by atoms with van der Waals surface area (Å²) in [6, 6.07) is 8.66. The van der Waals surface area contributed by atoms with Crippen molar-refractivity contribution in [2.75, 3.05) is 0 Å². The zero-order valence-corrected chi connectivity index (χ0v) is 15.2. The number of nitrogens with zero attached hydrogens (tertiary/aromatic N) is 3. The third-order valence-corrected chi connectivity index (χ3v) is 5.75. The lowest BCUT2D eigenvalue weighted by atomic mass is 9.88. The minimum atomic E-state index is -0.216. The molecule has 0 amide bonds. The van der Waals surface area contributed by atoms with Crippen LogP contribution in [-0.2, 0) is 16.0 Å². The molecule has 2 bridgehead atoms. The number of ether oxygens (including phenoxy) is 2. The second-order valence-electron chi connectivity index (χ2n) is 7.49. The number of benzene rings is 1. The molecule has 2 saturated heterocycles. The second-order valence-corrected chi connectivity index (χ2v) is 7.49. The van der Waals surface area contributed by atoms with E-state index in [2.05, 4.69) is 14.5 Å². The number of aryl methyl sites for hydroxylation is 2. The third kappa shape index (κ3) is 3.13. The van der Waals surface area contributed by atoms with Crippen molar-refractivity contribution in [3.63, 3.8) is 0 Å². The van der Waals surface area contributed by atoms with Gasteiger partial charge in [-0.2, -0.15) is 0 Å². The number of fused-ring (bicyclic) bond motifs is 3. The maximum absolute atomic E-state index is 13.2. The highest BCUT2D eigenvalue weighted by molar-refractivity contribution is 5.74. The van der Waals surface area contributed by atoms with Crippen molar-refractivity contribution in [2.24, 2.45) is 5.92 Å². The fourth-order valence-electron chi connectivity index (χ4n) is 4.46. The van der Waals surface area contributed by atoms with Crippen LogP contribution < -0.4 is 0 Å². The highest BCUT2D eigenvalue weighted by Crippen LogP contribution is 2.46. The highest BCUT2D eigenvalue weighted by atomic mass is 19.1. The molecule has 0 saturated carbocycles. The molecule has 5 nitrogen and oxygen atoms in total. The van der Waals surface area contributed by atoms with Crippen LogP contribution in [0.4, 0.5) is 4.39 Å². The Morgan fingerprint density at radius 3 is 2.85 bits per heavy atom. The first kappa shape index (κ1) is 16.8. The molecule has 2 aliphatic rings. The van der Waals surface area contributed by atoms with E-state index in [9.17, 15) is 4.39 Å². The van der Waals surface area contributed by atoms with Gasteiger partial charge in [-0.1, -0.05) is 12.1 Å². The molecular formula is C21H22FN3O2. The molecule has 27 heavy (non-hydrogen) atoms. The van der Waals surface area contributed by atoms with Gasteiger partial charge in [-0.25, -0.2) is 9.37 Å². The molecule has 0 aliphatic carbocycles. The number of hydrogen-bond acceptors (Lipinski definition) is 4. The number of rotatable bonds is 4. The SMILES string of the molecule is Cc1nc2cnccc2n1CCC1CC2CC(O1)OC2c1ccc(F)cc1. The Balaban J connectivity index is 1.28. The summed E-state index contributed by atoms with van der Waals surface area (Å²) in [5.74, 6) is 1.20. The third-order valence-electron chi connectivity index (χ3n) is 5.75. The van der Waals surface area contributed by atoms with E-state index in [0.29, 0.717) is 5.92 Å². The highest BCUT2D eigenvalue weighted by Gasteiger charge is 2.43. The Hall–Kier alpha value is -2.31. The van der Waals surface area contributed by atoms with Crippen molar-refractivity contribution in [3.05, 3.63) is 59.9 Å². The van der Waals surface area contributed by atoms with Crippen molar-refractivity contribution in [3.8, 4) is 0 Å². The Bertz CT molecular complexity index is 956. The van der Waals surface area contributed by atoms with Gasteiger partial charge in [0, 0.05) is 19.2 Å². The summed E-state index contributed by atoms with van der Waals surface area (Å²) in [6.07, 6.45) is 6.41. The molecule has 0 N–H and O–H groups in total. The fraction of sp³-hybridized carbons (Fsp3) is 0.429. The van der Waals surface area contributed by atoms with E-state index in [0.717, 1.165) is 48.2 Å². The van der Waals surface area contributed by atoms with Gasteiger partial charge in [0.1, 0.15) is 17.2 Å². The molecule has 3 aromatic rings. The summed E-state index contributed by atoms with van der Waals surface area (Å²) >= 11 is 0. The molecule has 2 aromatic heterocycles. The van der Waals surface area contributed by atoms with E-state index in [4.69, 9.17) is 9.47 Å². The summed E-state index contributed by atoms with van der Waals surface area (Å²) in [6.45, 7) is 2.89. The summed E-state index contributed by atoms with van der Waals surface area (Å²) in [5, 5.41) is 0. The van der Waals surface area contributed by atoms with Crippen molar-refractivity contribution >= 4 is 11.0 Å². The van der Waals surface area contributed by atoms with Gasteiger partial charge in [0.2, 0.25) is 0 Å². The van der Waals surface area contributed by atoms with E-state index >= 15 is 0 Å². The number of halogens is 1. The van der Waals surface area contributed by atoms with Gasteiger partial charge < -0.3 is 14.0 Å². The minimum absolute atomic E-state index is 0.00230. The van der Waals surface area contributed by atoms with E-state index in [-0.39, 0.29) is 24.3 Å². The van der Waals surface area contributed by atoms with Gasteiger partial charge in [0.05, 0.1) is 23.9 Å². The number of aromatic nitrogens is 3. The second kappa shape index (κ2) is 6.69. The van der Waals surface area contributed by atoms with Gasteiger partial charge >= 0.3 is 0 Å². The van der Waals surface area contributed by atoms with Crippen LogP contribution in [0.3, 0.4) is 0 Å². The molecule has 4 atom stereocenters. The fourth-order valence-corrected chi connectivity index (χ4v) is 4.46. The zero-order chi connectivity index (χ0) is 18.4. The first-order valence-corrected chi connectivity index (χ1v) is 9.50. The van der Waals surface area contributed by atoms with Crippen LogP contribution in [0.1, 0.15) is 36.8 Å². The normalized spacial score (nSPS) is 27.3. The smallest absolute Gasteiger partial charge is 0.159 e. The van der Waals surface area contributed by atoms with Gasteiger partial charge in [-0.3, -0.25) is 4.98 Å². The Morgan fingerprint density at radius 2 is 2.00 bits per heavy atom. The minimum Gasteiger partial charge on any atom is -0.349 e. The van der Waals surface area contributed by atoms with E-state index in [1.165, 1.54) is 12.1 Å². The molecule has 6 heteroatoms. The summed E-state index contributed by atoms with van der Waals surface area (Å²) in [5.41, 5.74) is 3.08. The quantitative estimate of drug-likeness (QED) is 0.695. The lowest BCUT2D eigenvalue weighted by Gasteiger charge is -2.27. The molecule has 0 spiro atoms. The van der Waals surface area contributed by atoms with E-state index < -0.39 is 0 Å². The zero-order valence-electron chi connectivity index (χ0n) is 15.2. The first-order valence-electron chi connectivity index (χ1n) is 9.50. The van der Waals surface area contributed by atoms with Crippen molar-refractivity contribution < 1.29 is 13.9 Å². The molecule has 1 aromatic carbocycles. The van der Waals surface area contributed by atoms with Crippen LogP contribution in [-0.4, -0.2) is 26.9 Å². The van der Waals surface area contributed by atoms with Crippen LogP contribution in [0.15, 0.2) is 42.7 Å². The van der Waals surface area contributed by atoms with Gasteiger partial charge in [0.25, 0.3) is 0 Å². The maximum atomic E-state index is 13.2. The van der Waals surface area contributed by atoms with Gasteiger partial charge in [0.15, 0.2) is 6.29 Å². The largest absolute Gasteiger partial charge is 0.349 e. The van der Waals surface area contributed by atoms with Crippen LogP contribution in [0.5, 0.6) is 0 Å². The Labute approximate surface area is 157 Å². The van der Waals surface area contributed by atoms with Crippen molar-refractivity contribution in [2.45, 2.75) is 51.2 Å². The van der Waals surface area contributed by atoms with Gasteiger partial charge in [-0.05, 0) is 49.4 Å². The topological polar surface area (TPSA) is 49.2 Å². The number of hydrogen-bond donors (Lipinski definition) is 0. The molecule has 5 rings (SSSR count). The predicted molar refractivity (Wildman–Crippen MR) is 98.5 cm³/mol. The summed E-state index contributed by atoms with van der Waals surface area (Å²) in [4.78, 5) is 8.73. The standard InChI is InChI=1S/C21H22FN3O2/c1-13-24-18-12-23-8-6-19(18)25(13)9-7-17-10-15-11-20(26-17)27-21(15)14-2-4-16(22)5-3-14/h2-6,8,12,15,17,20-21H,7,9-11H2,1H3. The van der Waals surface area contributed by atoms with Crippen LogP contribution in [0.25, 0.3) is 11.0 Å². The molecule has 0 radical (unpaired) electrons. The molecule has 140 valence electrons. The lowest BCUT2D eigenvalue weighted by Crippen LogP contribution is -2.28. The summed E-state index contributed by atoms with van der Waals surface area (Å²) in [7, 11) is 0. The molecule has 4 unspecified atom stereocenters. The van der Waals surface area contributed by atoms with Crippen molar-refractivity contribution in [1.82, 2.24) is 14.5 Å². The van der Waals surface area contributed by atoms with Crippen molar-refractivity contribution in [1.29, 1.82) is 0 Å². The lowest BCUT2D eigenvalue weighted by molar-refractivity contribution is -0.161. The molecule has 4 heterocycles.